The Hall–Kier alpha value is -1.02. The van der Waals surface area contributed by atoms with Gasteiger partial charge in [0.25, 0.3) is 0 Å². The Labute approximate surface area is 115 Å². The van der Waals surface area contributed by atoms with Crippen LogP contribution in [0.2, 0.25) is 0 Å². The van der Waals surface area contributed by atoms with Crippen LogP contribution in [0.4, 0.5) is 0 Å². The molecule has 0 atom stereocenters. The van der Waals surface area contributed by atoms with Crippen molar-refractivity contribution in [2.24, 2.45) is 0 Å². The van der Waals surface area contributed by atoms with Crippen molar-refractivity contribution in [1.29, 1.82) is 0 Å². The Morgan fingerprint density at radius 3 is 2.89 bits per heavy atom. The average Bonchev–Trinajstić information content (AvgIpc) is 2.36. The maximum absolute atomic E-state index is 11.7. The number of thioether (sulfide) groups is 1. The maximum Gasteiger partial charge on any atom is 0.143 e. The molecule has 0 fully saturated rings. The Balaban J connectivity index is 2.15. The molecule has 0 heterocycles. The number of carbonyl (C=O) groups is 1. The molecule has 0 aliphatic carbocycles. The smallest absolute Gasteiger partial charge is 0.143 e. The van der Waals surface area contributed by atoms with E-state index in [-0.39, 0.29) is 0 Å². The normalized spacial score (nSPS) is 10.3. The zero-order valence-electron chi connectivity index (χ0n) is 11.2. The van der Waals surface area contributed by atoms with Gasteiger partial charge in [0, 0.05) is 11.3 Å². The van der Waals surface area contributed by atoms with Crippen LogP contribution in [0.25, 0.3) is 0 Å². The van der Waals surface area contributed by atoms with Crippen LogP contribution in [0.1, 0.15) is 37.7 Å². The molecule has 0 bridgehead atoms. The first-order valence-corrected chi connectivity index (χ1v) is 7.53. The lowest BCUT2D eigenvalue weighted by Crippen LogP contribution is -2.00. The first kappa shape index (κ1) is 15.0. The van der Waals surface area contributed by atoms with Crippen LogP contribution in [0.3, 0.4) is 0 Å². The van der Waals surface area contributed by atoms with E-state index in [1.165, 1.54) is 10.5 Å². The highest BCUT2D eigenvalue weighted by atomic mass is 32.2. The monoisotopic (exact) mass is 262 g/mol. The lowest BCUT2D eigenvalue weighted by atomic mass is 10.1. The van der Waals surface area contributed by atoms with E-state index < -0.39 is 0 Å². The summed E-state index contributed by atoms with van der Waals surface area (Å²) >= 11 is 1.65. The van der Waals surface area contributed by atoms with E-state index in [1.54, 1.807) is 11.8 Å². The number of hydrogen-bond acceptors (Lipinski definition) is 2. The molecule has 0 amide bonds. The van der Waals surface area contributed by atoms with E-state index in [0.29, 0.717) is 11.5 Å². The minimum atomic E-state index is 0.361. The molecular formula is C16H22OS. The largest absolute Gasteiger partial charge is 0.299 e. The summed E-state index contributed by atoms with van der Waals surface area (Å²) in [6, 6.07) is 8.31. The summed E-state index contributed by atoms with van der Waals surface area (Å²) in [5.74, 6) is 0.963. The maximum atomic E-state index is 11.7. The minimum Gasteiger partial charge on any atom is -0.299 e. The van der Waals surface area contributed by atoms with Crippen molar-refractivity contribution in [3.05, 3.63) is 42.5 Å². The van der Waals surface area contributed by atoms with E-state index in [0.717, 1.165) is 32.1 Å². The molecule has 0 aliphatic rings. The lowest BCUT2D eigenvalue weighted by Gasteiger charge is -2.02. The van der Waals surface area contributed by atoms with Crippen LogP contribution in [-0.4, -0.2) is 11.5 Å². The third kappa shape index (κ3) is 6.65. The summed E-state index contributed by atoms with van der Waals surface area (Å²) in [7, 11) is 0. The van der Waals surface area contributed by atoms with Gasteiger partial charge in [-0.05, 0) is 38.3 Å². The van der Waals surface area contributed by atoms with Crippen molar-refractivity contribution in [2.75, 3.05) is 5.75 Å². The van der Waals surface area contributed by atoms with Gasteiger partial charge in [0.1, 0.15) is 5.78 Å². The van der Waals surface area contributed by atoms with E-state index in [9.17, 15) is 4.79 Å². The fraction of sp³-hybridized carbons (Fsp3) is 0.438. The number of hydrogen-bond donors (Lipinski definition) is 0. The molecule has 1 rings (SSSR count). The van der Waals surface area contributed by atoms with Crippen molar-refractivity contribution < 1.29 is 4.79 Å². The Bertz CT molecular complexity index is 384. The molecular weight excluding hydrogens is 240 g/mol. The van der Waals surface area contributed by atoms with Crippen molar-refractivity contribution in [1.82, 2.24) is 0 Å². The predicted molar refractivity (Wildman–Crippen MR) is 80.2 cm³/mol. The second kappa shape index (κ2) is 8.98. The Morgan fingerprint density at radius 2 is 2.17 bits per heavy atom. The zero-order valence-corrected chi connectivity index (χ0v) is 12.0. The second-order valence-corrected chi connectivity index (χ2v) is 5.58. The molecule has 0 radical (unpaired) electrons. The SMILES string of the molecule is C=CCCCCCC(=O)CSc1cccc(C)c1. The van der Waals surface area contributed by atoms with E-state index in [4.69, 9.17) is 0 Å². The van der Waals surface area contributed by atoms with Crippen molar-refractivity contribution in [3.63, 3.8) is 0 Å². The molecule has 2 heteroatoms. The summed E-state index contributed by atoms with van der Waals surface area (Å²) in [5.41, 5.74) is 1.25. The molecule has 0 aliphatic heterocycles. The molecule has 1 aromatic carbocycles. The van der Waals surface area contributed by atoms with Gasteiger partial charge >= 0.3 is 0 Å². The Morgan fingerprint density at radius 1 is 1.33 bits per heavy atom. The molecule has 0 aromatic heterocycles. The molecule has 0 unspecified atom stereocenters. The fourth-order valence-corrected chi connectivity index (χ4v) is 2.64. The van der Waals surface area contributed by atoms with Crippen LogP contribution in [0, 0.1) is 6.92 Å². The van der Waals surface area contributed by atoms with Gasteiger partial charge in [-0.2, -0.15) is 0 Å². The van der Waals surface area contributed by atoms with Crippen LogP contribution in [-0.2, 0) is 4.79 Å². The summed E-state index contributed by atoms with van der Waals surface area (Å²) in [6.45, 7) is 5.77. The molecule has 0 saturated heterocycles. The highest BCUT2D eigenvalue weighted by Crippen LogP contribution is 2.19. The number of ketones is 1. The van der Waals surface area contributed by atoms with E-state index >= 15 is 0 Å². The van der Waals surface area contributed by atoms with Crippen LogP contribution in [0.15, 0.2) is 41.8 Å². The molecule has 0 spiro atoms. The Kier molecular flexibility index (Phi) is 7.51. The van der Waals surface area contributed by atoms with Crippen LogP contribution >= 0.6 is 11.8 Å². The first-order valence-electron chi connectivity index (χ1n) is 6.54. The molecule has 98 valence electrons. The number of aryl methyl sites for hydroxylation is 1. The molecule has 0 N–H and O–H groups in total. The quantitative estimate of drug-likeness (QED) is 0.361. The van der Waals surface area contributed by atoms with Gasteiger partial charge in [-0.3, -0.25) is 4.79 Å². The van der Waals surface area contributed by atoms with Crippen LogP contribution < -0.4 is 0 Å². The first-order chi connectivity index (χ1) is 8.72. The average molecular weight is 262 g/mol. The number of rotatable bonds is 9. The summed E-state index contributed by atoms with van der Waals surface area (Å²) < 4.78 is 0. The van der Waals surface area contributed by atoms with E-state index in [2.05, 4.69) is 31.7 Å². The van der Waals surface area contributed by atoms with Gasteiger partial charge in [0.2, 0.25) is 0 Å². The molecule has 1 nitrogen and oxygen atoms in total. The third-order valence-electron chi connectivity index (χ3n) is 2.75. The van der Waals surface area contributed by atoms with Crippen molar-refractivity contribution in [2.45, 2.75) is 43.9 Å². The van der Waals surface area contributed by atoms with Crippen LogP contribution in [0.5, 0.6) is 0 Å². The third-order valence-corrected chi connectivity index (χ3v) is 3.81. The highest BCUT2D eigenvalue weighted by Gasteiger charge is 2.03. The van der Waals surface area contributed by atoms with Crippen molar-refractivity contribution in [3.8, 4) is 0 Å². The number of allylic oxidation sites excluding steroid dienone is 1. The molecule has 1 aromatic rings. The number of unbranched alkanes of at least 4 members (excludes halogenated alkanes) is 3. The minimum absolute atomic E-state index is 0.361. The lowest BCUT2D eigenvalue weighted by molar-refractivity contribution is -0.116. The fourth-order valence-electron chi connectivity index (χ4n) is 1.73. The highest BCUT2D eigenvalue weighted by molar-refractivity contribution is 8.00. The molecule has 0 saturated carbocycles. The summed E-state index contributed by atoms with van der Waals surface area (Å²) in [6.07, 6.45) is 7.02. The number of benzene rings is 1. The predicted octanol–water partition coefficient (Wildman–Crippen LogP) is 4.79. The van der Waals surface area contributed by atoms with E-state index in [1.807, 2.05) is 12.1 Å². The number of Topliss-reactive ketones (excluding diaryl/α,β-unsaturated/α-hetero) is 1. The van der Waals surface area contributed by atoms with Gasteiger partial charge in [0.05, 0.1) is 5.75 Å². The summed E-state index contributed by atoms with van der Waals surface area (Å²) in [5, 5.41) is 0. The van der Waals surface area contributed by atoms with Gasteiger partial charge < -0.3 is 0 Å². The van der Waals surface area contributed by atoms with Gasteiger partial charge in [-0.15, -0.1) is 18.3 Å². The second-order valence-electron chi connectivity index (χ2n) is 4.53. The van der Waals surface area contributed by atoms with Gasteiger partial charge in [0.15, 0.2) is 0 Å². The number of carbonyl (C=O) groups excluding carboxylic acids is 1. The zero-order chi connectivity index (χ0) is 13.2. The standard InChI is InChI=1S/C16H22OS/c1-3-4-5-6-7-10-15(17)13-18-16-11-8-9-14(2)12-16/h3,8-9,11-12H,1,4-7,10,13H2,2H3. The van der Waals surface area contributed by atoms with Gasteiger partial charge in [-0.1, -0.05) is 30.2 Å². The van der Waals surface area contributed by atoms with Gasteiger partial charge in [-0.25, -0.2) is 0 Å². The summed E-state index contributed by atoms with van der Waals surface area (Å²) in [4.78, 5) is 12.9. The van der Waals surface area contributed by atoms with Crippen molar-refractivity contribution >= 4 is 17.5 Å². The topological polar surface area (TPSA) is 17.1 Å². The molecule has 18 heavy (non-hydrogen) atoms.